The molecule has 0 radical (unpaired) electrons. The van der Waals surface area contributed by atoms with Gasteiger partial charge in [-0.1, -0.05) is 25.5 Å². The second-order valence-corrected chi connectivity index (χ2v) is 5.28. The van der Waals surface area contributed by atoms with Gasteiger partial charge in [0.25, 0.3) is 0 Å². The van der Waals surface area contributed by atoms with Crippen molar-refractivity contribution in [2.75, 3.05) is 0 Å². The number of nitrogens with zero attached hydrogens (tertiary/aromatic N) is 1. The molecule has 4 nitrogen and oxygen atoms in total. The van der Waals surface area contributed by atoms with Crippen LogP contribution < -0.4 is 0 Å². The molecule has 3 atom stereocenters. The molecule has 1 amide bonds. The molecule has 2 rings (SSSR count). The summed E-state index contributed by atoms with van der Waals surface area (Å²) in [5.74, 6) is -0.425. The highest BCUT2D eigenvalue weighted by Crippen LogP contribution is 2.35. The molecule has 1 heterocycles. The fourth-order valence-electron chi connectivity index (χ4n) is 3.05. The van der Waals surface area contributed by atoms with Crippen molar-refractivity contribution < 1.29 is 19.4 Å². The summed E-state index contributed by atoms with van der Waals surface area (Å²) >= 11 is 0. The first-order valence-corrected chi connectivity index (χ1v) is 6.99. The van der Waals surface area contributed by atoms with Crippen molar-refractivity contribution in [2.24, 2.45) is 0 Å². The number of amides is 1. The van der Waals surface area contributed by atoms with Gasteiger partial charge >= 0.3 is 6.09 Å². The minimum Gasteiger partial charge on any atom is -0.465 e. The molecule has 1 fully saturated rings. The number of hydrogen-bond donors (Lipinski definition) is 2. The van der Waals surface area contributed by atoms with Gasteiger partial charge in [0, 0.05) is 6.04 Å². The number of rotatable bonds is 4. The van der Waals surface area contributed by atoms with E-state index in [4.69, 9.17) is 0 Å². The Bertz CT molecular complexity index is 480. The number of aliphatic hydroxyl groups is 1. The van der Waals surface area contributed by atoms with Gasteiger partial charge < -0.3 is 10.2 Å². The summed E-state index contributed by atoms with van der Waals surface area (Å²) in [6.07, 6.45) is 1.05. The molecule has 1 aliphatic rings. The Kier molecular flexibility index (Phi) is 4.60. The first-order valence-electron chi connectivity index (χ1n) is 6.99. The van der Waals surface area contributed by atoms with Crippen LogP contribution in [-0.4, -0.2) is 33.3 Å². The van der Waals surface area contributed by atoms with E-state index in [0.29, 0.717) is 12.0 Å². The summed E-state index contributed by atoms with van der Waals surface area (Å²) in [4.78, 5) is 12.8. The van der Waals surface area contributed by atoms with Gasteiger partial charge in [-0.15, -0.1) is 0 Å². The van der Waals surface area contributed by atoms with Crippen LogP contribution in [0.5, 0.6) is 0 Å². The van der Waals surface area contributed by atoms with Gasteiger partial charge in [0.1, 0.15) is 5.82 Å². The lowest BCUT2D eigenvalue weighted by atomic mass is 10.0. The van der Waals surface area contributed by atoms with E-state index in [-0.39, 0.29) is 6.04 Å². The summed E-state index contributed by atoms with van der Waals surface area (Å²) in [5, 5.41) is 19.8. The molecule has 0 saturated carbocycles. The smallest absolute Gasteiger partial charge is 0.407 e. The zero-order valence-electron chi connectivity index (χ0n) is 11.5. The van der Waals surface area contributed by atoms with Gasteiger partial charge in [0.2, 0.25) is 0 Å². The quantitative estimate of drug-likeness (QED) is 0.891. The molecule has 110 valence electrons. The maximum atomic E-state index is 13.2. The number of aliphatic hydroxyl groups excluding tert-OH is 1. The summed E-state index contributed by atoms with van der Waals surface area (Å²) in [5.41, 5.74) is 0.429. The summed E-state index contributed by atoms with van der Waals surface area (Å²) < 4.78 is 13.2. The van der Waals surface area contributed by atoms with E-state index in [1.165, 1.54) is 23.1 Å². The molecular weight excluding hydrogens is 261 g/mol. The van der Waals surface area contributed by atoms with Crippen LogP contribution in [0.3, 0.4) is 0 Å². The average Bonchev–Trinajstić information content (AvgIpc) is 2.82. The molecule has 0 bridgehead atoms. The number of benzene rings is 1. The highest BCUT2D eigenvalue weighted by molar-refractivity contribution is 5.66. The van der Waals surface area contributed by atoms with Crippen LogP contribution in [0.4, 0.5) is 9.18 Å². The van der Waals surface area contributed by atoms with Crippen LogP contribution in [0.25, 0.3) is 0 Å². The lowest BCUT2D eigenvalue weighted by Gasteiger charge is -2.30. The number of carboxylic acid groups (broad SMARTS) is 1. The molecule has 1 aromatic carbocycles. The molecule has 5 heteroatoms. The number of carbonyl (C=O) groups is 1. The van der Waals surface area contributed by atoms with E-state index in [1.54, 1.807) is 6.07 Å². The average molecular weight is 281 g/mol. The van der Waals surface area contributed by atoms with Gasteiger partial charge in [0.15, 0.2) is 0 Å². The maximum Gasteiger partial charge on any atom is 0.407 e. The zero-order chi connectivity index (χ0) is 14.7. The molecule has 1 aliphatic heterocycles. The van der Waals surface area contributed by atoms with E-state index in [0.717, 1.165) is 19.3 Å². The molecule has 20 heavy (non-hydrogen) atoms. The first kappa shape index (κ1) is 14.8. The van der Waals surface area contributed by atoms with Crippen molar-refractivity contribution in [1.29, 1.82) is 0 Å². The van der Waals surface area contributed by atoms with E-state index < -0.39 is 24.1 Å². The lowest BCUT2D eigenvalue weighted by Crippen LogP contribution is -2.43. The number of hydrogen-bond acceptors (Lipinski definition) is 2. The Labute approximate surface area is 117 Å². The second-order valence-electron chi connectivity index (χ2n) is 5.28. The van der Waals surface area contributed by atoms with Crippen molar-refractivity contribution >= 4 is 6.09 Å². The number of halogens is 1. The van der Waals surface area contributed by atoms with Gasteiger partial charge in [-0.2, -0.15) is 0 Å². The maximum absolute atomic E-state index is 13.2. The summed E-state index contributed by atoms with van der Waals surface area (Å²) in [7, 11) is 0. The van der Waals surface area contributed by atoms with Crippen LogP contribution >= 0.6 is 0 Å². The van der Waals surface area contributed by atoms with Crippen molar-refractivity contribution in [1.82, 2.24) is 4.90 Å². The predicted octanol–water partition coefficient (Wildman–Crippen LogP) is 3.17. The predicted molar refractivity (Wildman–Crippen MR) is 72.9 cm³/mol. The molecule has 2 N–H and O–H groups in total. The second kappa shape index (κ2) is 6.22. The molecular formula is C15H20FNO3. The normalized spacial score (nSPS) is 23.9. The highest BCUT2D eigenvalue weighted by atomic mass is 19.1. The van der Waals surface area contributed by atoms with Crippen molar-refractivity contribution in [3.05, 3.63) is 35.6 Å². The molecule has 0 spiro atoms. The molecule has 1 unspecified atom stereocenters. The topological polar surface area (TPSA) is 60.8 Å². The van der Waals surface area contributed by atoms with Crippen LogP contribution in [0.2, 0.25) is 0 Å². The Morgan fingerprint density at radius 1 is 1.50 bits per heavy atom. The van der Waals surface area contributed by atoms with Gasteiger partial charge in [-0.05, 0) is 37.0 Å². The van der Waals surface area contributed by atoms with E-state index >= 15 is 0 Å². The Balaban J connectivity index is 2.20. The first-order chi connectivity index (χ1) is 9.54. The lowest BCUT2D eigenvalue weighted by molar-refractivity contribution is 0.0525. The van der Waals surface area contributed by atoms with Crippen LogP contribution in [0.1, 0.15) is 44.3 Å². The van der Waals surface area contributed by atoms with Crippen LogP contribution in [-0.2, 0) is 0 Å². The monoisotopic (exact) mass is 281 g/mol. The van der Waals surface area contributed by atoms with Crippen LogP contribution in [0.15, 0.2) is 24.3 Å². The Hall–Kier alpha value is -1.62. The minimum absolute atomic E-state index is 0.0503. The fourth-order valence-corrected chi connectivity index (χ4v) is 3.05. The molecule has 1 saturated heterocycles. The zero-order valence-corrected chi connectivity index (χ0v) is 11.5. The largest absolute Gasteiger partial charge is 0.465 e. The van der Waals surface area contributed by atoms with Crippen molar-refractivity contribution in [3.8, 4) is 0 Å². The standard InChI is InChI=1S/C15H20FNO3/c1-2-4-12-7-8-13(17(12)15(19)20)14(18)10-5-3-6-11(16)9-10/h3,5-6,9,12-14,18H,2,4,7-8H2,1H3,(H,19,20)/t12-,13+,14?/m1/s1. The van der Waals surface area contributed by atoms with Gasteiger partial charge in [-0.25, -0.2) is 9.18 Å². The highest BCUT2D eigenvalue weighted by Gasteiger charge is 2.40. The molecule has 0 aromatic heterocycles. The van der Waals surface area contributed by atoms with Crippen molar-refractivity contribution in [3.63, 3.8) is 0 Å². The van der Waals surface area contributed by atoms with Crippen LogP contribution in [0, 0.1) is 5.82 Å². The summed E-state index contributed by atoms with van der Waals surface area (Å²) in [6, 6.07) is 5.17. The molecule has 0 aliphatic carbocycles. The fraction of sp³-hybridized carbons (Fsp3) is 0.533. The molecule has 1 aromatic rings. The van der Waals surface area contributed by atoms with Gasteiger partial charge in [0.05, 0.1) is 12.1 Å². The van der Waals surface area contributed by atoms with E-state index in [1.807, 2.05) is 6.92 Å². The van der Waals surface area contributed by atoms with Crippen molar-refractivity contribution in [2.45, 2.75) is 50.8 Å². The minimum atomic E-state index is -1.01. The Morgan fingerprint density at radius 3 is 2.85 bits per heavy atom. The SMILES string of the molecule is CCC[C@@H]1CC[C@@H](C(O)c2cccc(F)c2)N1C(=O)O. The third-order valence-electron chi connectivity index (χ3n) is 3.94. The Morgan fingerprint density at radius 2 is 2.25 bits per heavy atom. The third-order valence-corrected chi connectivity index (χ3v) is 3.94. The van der Waals surface area contributed by atoms with Gasteiger partial charge in [-0.3, -0.25) is 4.90 Å². The van der Waals surface area contributed by atoms with E-state index in [9.17, 15) is 19.4 Å². The third kappa shape index (κ3) is 2.93. The summed E-state index contributed by atoms with van der Waals surface area (Å²) in [6.45, 7) is 2.01. The number of likely N-dealkylation sites (tertiary alicyclic amines) is 1. The van der Waals surface area contributed by atoms with E-state index in [2.05, 4.69) is 0 Å².